The van der Waals surface area contributed by atoms with Crippen LogP contribution in [0.4, 0.5) is 0 Å². The lowest BCUT2D eigenvalue weighted by Crippen LogP contribution is -2.43. The van der Waals surface area contributed by atoms with Gasteiger partial charge in [0.2, 0.25) is 0 Å². The number of nitrogens with one attached hydrogen (secondary N) is 1. The molecule has 86 valence electrons. The molecule has 0 spiro atoms. The maximum absolute atomic E-state index is 9.26. The second-order valence-electron chi connectivity index (χ2n) is 4.34. The first-order valence-electron chi connectivity index (χ1n) is 6.11. The van der Waals surface area contributed by atoms with Crippen LogP contribution in [0.3, 0.4) is 0 Å². The molecule has 0 amide bonds. The van der Waals surface area contributed by atoms with E-state index in [0.717, 1.165) is 38.9 Å². The molecule has 1 rings (SSSR count). The van der Waals surface area contributed by atoms with Crippen molar-refractivity contribution in [2.45, 2.75) is 51.6 Å². The Labute approximate surface area is 93.5 Å². The van der Waals surface area contributed by atoms with Gasteiger partial charge in [0.05, 0.1) is 6.07 Å². The lowest BCUT2D eigenvalue weighted by Gasteiger charge is -2.28. The Morgan fingerprint density at radius 3 is 2.53 bits per heavy atom. The zero-order valence-corrected chi connectivity index (χ0v) is 10.2. The quantitative estimate of drug-likeness (QED) is 0.750. The molecule has 0 bridgehead atoms. The van der Waals surface area contributed by atoms with Crippen LogP contribution >= 0.6 is 0 Å². The van der Waals surface area contributed by atoms with E-state index in [9.17, 15) is 5.26 Å². The molecule has 2 atom stereocenters. The predicted molar refractivity (Wildman–Crippen MR) is 62.6 cm³/mol. The van der Waals surface area contributed by atoms with Crippen LogP contribution in [0, 0.1) is 11.3 Å². The van der Waals surface area contributed by atoms with Crippen molar-refractivity contribution in [2.75, 3.05) is 19.6 Å². The van der Waals surface area contributed by atoms with Gasteiger partial charge in [0.25, 0.3) is 0 Å². The third kappa shape index (κ3) is 2.70. The monoisotopic (exact) mass is 209 g/mol. The Morgan fingerprint density at radius 1 is 1.40 bits per heavy atom. The van der Waals surface area contributed by atoms with Crippen molar-refractivity contribution < 1.29 is 0 Å². The summed E-state index contributed by atoms with van der Waals surface area (Å²) in [5.41, 5.74) is -0.248. The molecule has 0 heterocycles. The van der Waals surface area contributed by atoms with Gasteiger partial charge in [-0.2, -0.15) is 5.26 Å². The molecular formula is C12H23N3. The summed E-state index contributed by atoms with van der Waals surface area (Å²) in [6.07, 6.45) is 3.14. The van der Waals surface area contributed by atoms with E-state index in [1.165, 1.54) is 0 Å². The molecule has 0 aromatic heterocycles. The zero-order chi connectivity index (χ0) is 11.3. The lowest BCUT2D eigenvalue weighted by molar-refractivity contribution is 0.212. The summed E-state index contributed by atoms with van der Waals surface area (Å²) >= 11 is 0. The number of rotatable bonds is 5. The average Bonchev–Trinajstić information content (AvgIpc) is 2.66. The van der Waals surface area contributed by atoms with E-state index in [-0.39, 0.29) is 5.54 Å². The first-order chi connectivity index (χ1) is 7.21. The Hall–Kier alpha value is -0.590. The number of hydrogen-bond donors (Lipinski definition) is 1. The van der Waals surface area contributed by atoms with Crippen LogP contribution in [0.2, 0.25) is 0 Å². The molecule has 1 aliphatic carbocycles. The molecule has 1 aliphatic rings. The van der Waals surface area contributed by atoms with Crippen LogP contribution in [0.15, 0.2) is 0 Å². The van der Waals surface area contributed by atoms with Crippen LogP contribution in [-0.2, 0) is 0 Å². The fourth-order valence-corrected chi connectivity index (χ4v) is 2.71. The summed E-state index contributed by atoms with van der Waals surface area (Å²) in [7, 11) is 0. The predicted octanol–water partition coefficient (Wildman–Crippen LogP) is 1.75. The molecular weight excluding hydrogens is 186 g/mol. The first kappa shape index (κ1) is 12.5. The number of nitriles is 1. The summed E-state index contributed by atoms with van der Waals surface area (Å²) < 4.78 is 0. The fraction of sp³-hybridized carbons (Fsp3) is 0.917. The molecule has 3 nitrogen and oxygen atoms in total. The molecule has 0 aromatic rings. The minimum atomic E-state index is -0.248. The van der Waals surface area contributed by atoms with E-state index in [4.69, 9.17) is 0 Å². The van der Waals surface area contributed by atoms with Crippen molar-refractivity contribution in [1.82, 2.24) is 10.2 Å². The van der Waals surface area contributed by atoms with Crippen molar-refractivity contribution in [3.63, 3.8) is 0 Å². The van der Waals surface area contributed by atoms with Gasteiger partial charge in [-0.25, -0.2) is 0 Å². The molecule has 0 saturated heterocycles. The van der Waals surface area contributed by atoms with Gasteiger partial charge in [-0.1, -0.05) is 20.8 Å². The van der Waals surface area contributed by atoms with Crippen LogP contribution in [0.1, 0.15) is 40.0 Å². The normalized spacial score (nSPS) is 30.7. The third-order valence-electron chi connectivity index (χ3n) is 3.55. The van der Waals surface area contributed by atoms with E-state index in [1.807, 2.05) is 0 Å². The van der Waals surface area contributed by atoms with Crippen LogP contribution in [-0.4, -0.2) is 36.1 Å². The van der Waals surface area contributed by atoms with Crippen molar-refractivity contribution in [1.29, 1.82) is 5.26 Å². The minimum absolute atomic E-state index is 0.248. The smallest absolute Gasteiger partial charge is 0.108 e. The second kappa shape index (κ2) is 5.48. The van der Waals surface area contributed by atoms with Gasteiger partial charge in [-0.3, -0.25) is 5.32 Å². The molecule has 2 unspecified atom stereocenters. The average molecular weight is 209 g/mol. The Kier molecular flexibility index (Phi) is 4.56. The molecule has 15 heavy (non-hydrogen) atoms. The fourth-order valence-electron chi connectivity index (χ4n) is 2.71. The van der Waals surface area contributed by atoms with Gasteiger partial charge in [0.15, 0.2) is 0 Å². The highest BCUT2D eigenvalue weighted by atomic mass is 15.2. The highest BCUT2D eigenvalue weighted by molar-refractivity contribution is 5.13. The van der Waals surface area contributed by atoms with Crippen molar-refractivity contribution in [2.24, 2.45) is 0 Å². The van der Waals surface area contributed by atoms with E-state index >= 15 is 0 Å². The SMILES string of the molecule is CCNC1(C#N)CCC(N(CC)CC)C1. The van der Waals surface area contributed by atoms with E-state index in [2.05, 4.69) is 37.1 Å². The molecule has 3 heteroatoms. The zero-order valence-electron chi connectivity index (χ0n) is 10.2. The van der Waals surface area contributed by atoms with Gasteiger partial charge in [0.1, 0.15) is 5.54 Å². The van der Waals surface area contributed by atoms with Crippen LogP contribution < -0.4 is 5.32 Å². The van der Waals surface area contributed by atoms with Gasteiger partial charge in [-0.15, -0.1) is 0 Å². The van der Waals surface area contributed by atoms with E-state index in [1.54, 1.807) is 0 Å². The summed E-state index contributed by atoms with van der Waals surface area (Å²) in [6.45, 7) is 9.54. The van der Waals surface area contributed by atoms with Gasteiger partial charge in [0, 0.05) is 6.04 Å². The van der Waals surface area contributed by atoms with E-state index < -0.39 is 0 Å². The summed E-state index contributed by atoms with van der Waals surface area (Å²) in [4.78, 5) is 2.47. The molecule has 0 radical (unpaired) electrons. The maximum Gasteiger partial charge on any atom is 0.108 e. The summed E-state index contributed by atoms with van der Waals surface area (Å²) in [6, 6.07) is 3.07. The Balaban J connectivity index is 2.60. The van der Waals surface area contributed by atoms with Crippen molar-refractivity contribution >= 4 is 0 Å². The highest BCUT2D eigenvalue weighted by Gasteiger charge is 2.40. The highest BCUT2D eigenvalue weighted by Crippen LogP contribution is 2.32. The van der Waals surface area contributed by atoms with Crippen LogP contribution in [0.5, 0.6) is 0 Å². The van der Waals surface area contributed by atoms with Gasteiger partial charge in [-0.05, 0) is 38.9 Å². The second-order valence-corrected chi connectivity index (χ2v) is 4.34. The largest absolute Gasteiger partial charge is 0.301 e. The molecule has 0 aromatic carbocycles. The van der Waals surface area contributed by atoms with Gasteiger partial charge < -0.3 is 4.90 Å². The molecule has 0 aliphatic heterocycles. The lowest BCUT2D eigenvalue weighted by atomic mass is 9.99. The first-order valence-corrected chi connectivity index (χ1v) is 6.11. The number of nitrogens with zero attached hydrogens (tertiary/aromatic N) is 2. The van der Waals surface area contributed by atoms with Crippen molar-refractivity contribution in [3.05, 3.63) is 0 Å². The minimum Gasteiger partial charge on any atom is -0.301 e. The molecule has 1 fully saturated rings. The van der Waals surface area contributed by atoms with E-state index in [0.29, 0.717) is 6.04 Å². The summed E-state index contributed by atoms with van der Waals surface area (Å²) in [5.74, 6) is 0. The van der Waals surface area contributed by atoms with Crippen LogP contribution in [0.25, 0.3) is 0 Å². The number of hydrogen-bond acceptors (Lipinski definition) is 3. The molecule has 1 N–H and O–H groups in total. The van der Waals surface area contributed by atoms with Crippen molar-refractivity contribution in [3.8, 4) is 6.07 Å². The summed E-state index contributed by atoms with van der Waals surface area (Å²) in [5, 5.41) is 12.6. The topological polar surface area (TPSA) is 39.1 Å². The van der Waals surface area contributed by atoms with Gasteiger partial charge >= 0.3 is 0 Å². The molecule has 1 saturated carbocycles. The Bertz CT molecular complexity index is 230. The maximum atomic E-state index is 9.26. The standard InChI is InChI=1S/C12H23N3/c1-4-14-12(10-13)8-7-11(9-12)15(5-2)6-3/h11,14H,4-9H2,1-3H3. The Morgan fingerprint density at radius 2 is 2.07 bits per heavy atom. The third-order valence-corrected chi connectivity index (χ3v) is 3.55.